The van der Waals surface area contributed by atoms with Gasteiger partial charge < -0.3 is 15.8 Å². The fourth-order valence-electron chi connectivity index (χ4n) is 3.31. The normalized spacial score (nSPS) is 10.8. The zero-order valence-electron chi connectivity index (χ0n) is 17.8. The number of hydrogen-bond acceptors (Lipinski definition) is 6. The zero-order chi connectivity index (χ0) is 22.3. The van der Waals surface area contributed by atoms with Crippen LogP contribution < -0.4 is 15.8 Å². The van der Waals surface area contributed by atoms with Crippen LogP contribution in [0.25, 0.3) is 10.4 Å². The fourth-order valence-corrected chi connectivity index (χ4v) is 4.04. The first-order valence-electron chi connectivity index (χ1n) is 10.4. The number of amides is 1. The third kappa shape index (κ3) is 5.53. The minimum atomic E-state index is -0.104. The fraction of sp³-hybridized carbons (Fsp3) is 0.208. The van der Waals surface area contributed by atoms with E-state index in [0.29, 0.717) is 24.2 Å². The van der Waals surface area contributed by atoms with E-state index in [1.54, 1.807) is 23.1 Å². The summed E-state index contributed by atoms with van der Waals surface area (Å²) in [5.41, 5.74) is 10.2. The molecule has 0 fully saturated rings. The number of thiophene rings is 1. The van der Waals surface area contributed by atoms with Crippen LogP contribution in [0.15, 0.2) is 66.2 Å². The van der Waals surface area contributed by atoms with Crippen LogP contribution in [0.1, 0.15) is 17.7 Å². The first-order chi connectivity index (χ1) is 15.6. The number of ether oxygens (including phenoxy) is 1. The van der Waals surface area contributed by atoms with Gasteiger partial charge >= 0.3 is 0 Å². The van der Waals surface area contributed by atoms with E-state index in [1.165, 1.54) is 5.56 Å². The number of hydrogen-bond donors (Lipinski definition) is 2. The van der Waals surface area contributed by atoms with Gasteiger partial charge in [0.2, 0.25) is 5.91 Å². The Bertz CT molecular complexity index is 1170. The topological polar surface area (TPSA) is 95.1 Å². The van der Waals surface area contributed by atoms with Gasteiger partial charge in [-0.25, -0.2) is 0 Å². The van der Waals surface area contributed by atoms with Crippen molar-refractivity contribution in [3.8, 4) is 16.2 Å². The first kappa shape index (κ1) is 21.6. The smallest absolute Gasteiger partial charge is 0.224 e. The van der Waals surface area contributed by atoms with Crippen LogP contribution in [0.3, 0.4) is 0 Å². The number of nitrogen functional groups attached to an aromatic ring is 1. The summed E-state index contributed by atoms with van der Waals surface area (Å²) in [6, 6.07) is 17.7. The molecule has 0 radical (unpaired) electrons. The molecule has 1 amide bonds. The highest BCUT2D eigenvalue weighted by atomic mass is 32.1. The summed E-state index contributed by atoms with van der Waals surface area (Å²) < 4.78 is 6.99. The second-order valence-electron chi connectivity index (χ2n) is 7.40. The summed E-state index contributed by atoms with van der Waals surface area (Å²) in [7, 11) is 1.66. The number of benzene rings is 2. The second-order valence-corrected chi connectivity index (χ2v) is 8.35. The van der Waals surface area contributed by atoms with E-state index in [-0.39, 0.29) is 5.91 Å². The molecule has 4 rings (SSSR count). The lowest BCUT2D eigenvalue weighted by Gasteiger charge is -2.09. The van der Waals surface area contributed by atoms with Gasteiger partial charge in [-0.3, -0.25) is 9.48 Å². The van der Waals surface area contributed by atoms with Crippen LogP contribution in [0.2, 0.25) is 0 Å². The van der Waals surface area contributed by atoms with Crippen LogP contribution in [0, 0.1) is 0 Å². The van der Waals surface area contributed by atoms with E-state index in [1.807, 2.05) is 66.2 Å². The molecule has 8 heteroatoms. The number of methoxy groups -OCH3 is 1. The molecule has 4 aromatic rings. The summed E-state index contributed by atoms with van der Waals surface area (Å²) >= 11 is 1.65. The van der Waals surface area contributed by atoms with Gasteiger partial charge in [-0.1, -0.05) is 29.5 Å². The van der Waals surface area contributed by atoms with Crippen LogP contribution in [-0.4, -0.2) is 28.0 Å². The van der Waals surface area contributed by atoms with Crippen molar-refractivity contribution >= 4 is 28.6 Å². The highest BCUT2D eigenvalue weighted by molar-refractivity contribution is 7.13. The molecule has 2 aromatic carbocycles. The number of anilines is 2. The molecule has 0 aliphatic rings. The van der Waals surface area contributed by atoms with Crippen LogP contribution in [-0.2, 0) is 24.2 Å². The highest BCUT2D eigenvalue weighted by Crippen LogP contribution is 2.30. The molecule has 2 aromatic heterocycles. The maximum Gasteiger partial charge on any atom is 0.224 e. The molecule has 0 aliphatic heterocycles. The van der Waals surface area contributed by atoms with Crippen LogP contribution in [0.4, 0.5) is 11.4 Å². The average molecular weight is 448 g/mol. The lowest BCUT2D eigenvalue weighted by Crippen LogP contribution is -2.13. The molecular formula is C24H25N5O2S. The molecule has 0 saturated carbocycles. The number of rotatable bonds is 9. The van der Waals surface area contributed by atoms with Gasteiger partial charge in [0.15, 0.2) is 0 Å². The first-order valence-corrected chi connectivity index (χ1v) is 11.2. The number of aryl methyl sites for hydroxylation is 3. The van der Waals surface area contributed by atoms with Gasteiger partial charge in [0.1, 0.15) is 5.75 Å². The Balaban J connectivity index is 1.28. The molecule has 0 unspecified atom stereocenters. The molecule has 0 saturated heterocycles. The predicted octanol–water partition coefficient (Wildman–Crippen LogP) is 4.41. The van der Waals surface area contributed by atoms with E-state index >= 15 is 0 Å². The van der Waals surface area contributed by atoms with E-state index in [9.17, 15) is 4.79 Å². The number of nitrogens with two attached hydrogens (primary N) is 1. The Kier molecular flexibility index (Phi) is 6.81. The van der Waals surface area contributed by atoms with Crippen molar-refractivity contribution in [3.05, 3.63) is 77.4 Å². The molecule has 0 spiro atoms. The molecule has 7 nitrogen and oxygen atoms in total. The number of nitrogens with zero attached hydrogens (tertiary/aromatic N) is 3. The Morgan fingerprint density at radius 2 is 2.00 bits per heavy atom. The summed E-state index contributed by atoms with van der Waals surface area (Å²) in [6.07, 6.45) is 3.55. The maximum atomic E-state index is 12.5. The van der Waals surface area contributed by atoms with E-state index in [0.717, 1.165) is 34.8 Å². The lowest BCUT2D eigenvalue weighted by molar-refractivity contribution is -0.116. The number of carbonyl (C=O) groups excluding carboxylic acids is 1. The summed E-state index contributed by atoms with van der Waals surface area (Å²) in [4.78, 5) is 13.6. The maximum absolute atomic E-state index is 12.5. The lowest BCUT2D eigenvalue weighted by atomic mass is 10.1. The van der Waals surface area contributed by atoms with Crippen molar-refractivity contribution in [2.24, 2.45) is 0 Å². The largest absolute Gasteiger partial charge is 0.497 e. The quantitative estimate of drug-likeness (QED) is 0.371. The van der Waals surface area contributed by atoms with Crippen molar-refractivity contribution in [2.75, 3.05) is 18.2 Å². The van der Waals surface area contributed by atoms with Crippen molar-refractivity contribution in [1.82, 2.24) is 15.0 Å². The predicted molar refractivity (Wildman–Crippen MR) is 128 cm³/mol. The SMILES string of the molecule is COc1ccc(CCn2cc(CCC(=O)Nc3cc(-c4cccs4)ccc3N)nn2)cc1. The minimum absolute atomic E-state index is 0.104. The monoisotopic (exact) mass is 447 g/mol. The van der Waals surface area contributed by atoms with Gasteiger partial charge in [-0.05, 0) is 53.3 Å². The van der Waals surface area contributed by atoms with Gasteiger partial charge in [0.05, 0.1) is 24.2 Å². The summed E-state index contributed by atoms with van der Waals surface area (Å²) in [5.74, 6) is 0.739. The third-order valence-corrected chi connectivity index (χ3v) is 6.03. The average Bonchev–Trinajstić information content (AvgIpc) is 3.51. The van der Waals surface area contributed by atoms with E-state index < -0.39 is 0 Å². The third-order valence-electron chi connectivity index (χ3n) is 5.12. The van der Waals surface area contributed by atoms with Crippen molar-refractivity contribution in [1.29, 1.82) is 0 Å². The molecule has 2 heterocycles. The molecule has 0 atom stereocenters. The molecule has 32 heavy (non-hydrogen) atoms. The second kappa shape index (κ2) is 10.1. The van der Waals surface area contributed by atoms with Crippen molar-refractivity contribution in [3.63, 3.8) is 0 Å². The van der Waals surface area contributed by atoms with Gasteiger partial charge in [-0.15, -0.1) is 16.4 Å². The van der Waals surface area contributed by atoms with Crippen LogP contribution in [0.5, 0.6) is 5.75 Å². The number of aromatic nitrogens is 3. The number of carbonyl (C=O) groups is 1. The number of nitrogens with one attached hydrogen (secondary N) is 1. The molecule has 164 valence electrons. The van der Waals surface area contributed by atoms with Gasteiger partial charge in [-0.2, -0.15) is 0 Å². The molecular weight excluding hydrogens is 422 g/mol. The Morgan fingerprint density at radius 3 is 2.75 bits per heavy atom. The Morgan fingerprint density at radius 1 is 1.16 bits per heavy atom. The molecule has 0 aliphatic carbocycles. The van der Waals surface area contributed by atoms with E-state index in [2.05, 4.69) is 15.6 Å². The van der Waals surface area contributed by atoms with Crippen molar-refractivity contribution < 1.29 is 9.53 Å². The highest BCUT2D eigenvalue weighted by Gasteiger charge is 2.10. The molecule has 0 bridgehead atoms. The summed E-state index contributed by atoms with van der Waals surface area (Å²) in [6.45, 7) is 0.720. The molecule has 3 N–H and O–H groups in total. The van der Waals surface area contributed by atoms with E-state index in [4.69, 9.17) is 10.5 Å². The van der Waals surface area contributed by atoms with Gasteiger partial charge in [0.25, 0.3) is 0 Å². The zero-order valence-corrected chi connectivity index (χ0v) is 18.6. The Hall–Kier alpha value is -3.65. The summed E-state index contributed by atoms with van der Waals surface area (Å²) in [5, 5.41) is 13.3. The minimum Gasteiger partial charge on any atom is -0.497 e. The van der Waals surface area contributed by atoms with Gasteiger partial charge in [0, 0.05) is 30.5 Å². The Labute approximate surface area is 190 Å². The van der Waals surface area contributed by atoms with Crippen molar-refractivity contribution in [2.45, 2.75) is 25.8 Å². The van der Waals surface area contributed by atoms with Crippen LogP contribution >= 0.6 is 11.3 Å². The standard InChI is InChI=1S/C24H25N5O2S/c1-31-20-8-4-17(5-9-20)12-13-29-16-19(27-28-29)7-11-24(30)26-22-15-18(6-10-21(22)25)23-3-2-14-32-23/h2-6,8-10,14-16H,7,11-13,25H2,1H3,(H,26,30).